The van der Waals surface area contributed by atoms with Crippen LogP contribution in [-0.4, -0.2) is 42.2 Å². The van der Waals surface area contributed by atoms with E-state index in [-0.39, 0.29) is 18.4 Å². The molecule has 1 amide bonds. The molecular formula is C12H14N2O5. The second-order valence-corrected chi connectivity index (χ2v) is 4.11. The molecule has 1 aromatic rings. The summed E-state index contributed by atoms with van der Waals surface area (Å²) in [6.45, 7) is 3.26. The number of cyclic esters (lactones) is 1. The van der Waals surface area contributed by atoms with Crippen molar-refractivity contribution >= 4 is 11.8 Å². The summed E-state index contributed by atoms with van der Waals surface area (Å²) in [5.74, 6) is 0.460. The van der Waals surface area contributed by atoms with Gasteiger partial charge in [0.05, 0.1) is 23.6 Å². The Morgan fingerprint density at radius 3 is 2.95 bits per heavy atom. The lowest BCUT2D eigenvalue weighted by atomic mass is 10.2. The number of hydrogen-bond acceptors (Lipinski definition) is 5. The number of hydrogen-bond donors (Lipinski definition) is 0. The van der Waals surface area contributed by atoms with Crippen LogP contribution < -0.4 is 4.74 Å². The Morgan fingerprint density at radius 2 is 2.32 bits per heavy atom. The number of benzene rings is 1. The third-order valence-corrected chi connectivity index (χ3v) is 2.92. The standard InChI is InChI=1S/C12H14N2O5/c1-9-10(14(16)17)3-2-4-11(9)18-7-5-13-6-8-19-12(13)15/h2-4H,5-8H2,1H3. The zero-order chi connectivity index (χ0) is 13.8. The molecule has 2 rings (SSSR count). The Balaban J connectivity index is 1.94. The number of amides is 1. The van der Waals surface area contributed by atoms with E-state index in [9.17, 15) is 14.9 Å². The van der Waals surface area contributed by atoms with Crippen LogP contribution in [0.25, 0.3) is 0 Å². The maximum atomic E-state index is 11.2. The van der Waals surface area contributed by atoms with Crippen molar-refractivity contribution in [1.82, 2.24) is 4.90 Å². The van der Waals surface area contributed by atoms with Crippen LogP contribution in [0.4, 0.5) is 10.5 Å². The first-order chi connectivity index (χ1) is 9.09. The highest BCUT2D eigenvalue weighted by Crippen LogP contribution is 2.26. The van der Waals surface area contributed by atoms with Gasteiger partial charge in [-0.1, -0.05) is 6.07 Å². The lowest BCUT2D eigenvalue weighted by molar-refractivity contribution is -0.385. The normalized spacial score (nSPS) is 14.4. The molecule has 7 nitrogen and oxygen atoms in total. The smallest absolute Gasteiger partial charge is 0.410 e. The third kappa shape index (κ3) is 2.93. The van der Waals surface area contributed by atoms with E-state index in [4.69, 9.17) is 9.47 Å². The van der Waals surface area contributed by atoms with E-state index < -0.39 is 4.92 Å². The SMILES string of the molecule is Cc1c(OCCN2CCOC2=O)cccc1[N+](=O)[O-]. The molecule has 1 aliphatic rings. The van der Waals surface area contributed by atoms with Gasteiger partial charge in [0, 0.05) is 6.07 Å². The molecule has 0 unspecified atom stereocenters. The zero-order valence-electron chi connectivity index (χ0n) is 10.5. The van der Waals surface area contributed by atoms with Crippen molar-refractivity contribution < 1.29 is 19.2 Å². The van der Waals surface area contributed by atoms with E-state index in [0.717, 1.165) is 0 Å². The molecule has 1 saturated heterocycles. The van der Waals surface area contributed by atoms with Crippen molar-refractivity contribution in [3.63, 3.8) is 0 Å². The molecule has 19 heavy (non-hydrogen) atoms. The van der Waals surface area contributed by atoms with Gasteiger partial charge in [0.25, 0.3) is 5.69 Å². The van der Waals surface area contributed by atoms with Gasteiger partial charge in [0.1, 0.15) is 19.0 Å². The molecule has 1 aliphatic heterocycles. The number of ether oxygens (including phenoxy) is 2. The van der Waals surface area contributed by atoms with Gasteiger partial charge in [0.2, 0.25) is 0 Å². The lowest BCUT2D eigenvalue weighted by Gasteiger charge is -2.14. The average molecular weight is 266 g/mol. The van der Waals surface area contributed by atoms with E-state index in [1.165, 1.54) is 11.0 Å². The second-order valence-electron chi connectivity index (χ2n) is 4.11. The Bertz CT molecular complexity index is 503. The van der Waals surface area contributed by atoms with Gasteiger partial charge in [-0.15, -0.1) is 0 Å². The number of rotatable bonds is 5. The minimum atomic E-state index is -0.444. The summed E-state index contributed by atoms with van der Waals surface area (Å²) in [4.78, 5) is 23.1. The van der Waals surface area contributed by atoms with Crippen LogP contribution in [0.5, 0.6) is 5.75 Å². The van der Waals surface area contributed by atoms with E-state index in [1.807, 2.05) is 0 Å². The Hall–Kier alpha value is -2.31. The summed E-state index contributed by atoms with van der Waals surface area (Å²) >= 11 is 0. The van der Waals surface area contributed by atoms with Crippen LogP contribution >= 0.6 is 0 Å². The van der Waals surface area contributed by atoms with Crippen LogP contribution in [-0.2, 0) is 4.74 Å². The van der Waals surface area contributed by atoms with Crippen molar-refractivity contribution in [2.24, 2.45) is 0 Å². The summed E-state index contributed by atoms with van der Waals surface area (Å²) in [6, 6.07) is 4.68. The summed E-state index contributed by atoms with van der Waals surface area (Å²) in [5, 5.41) is 10.8. The minimum Gasteiger partial charge on any atom is -0.491 e. The molecule has 0 N–H and O–H groups in total. The van der Waals surface area contributed by atoms with Gasteiger partial charge >= 0.3 is 6.09 Å². The van der Waals surface area contributed by atoms with Crippen molar-refractivity contribution in [3.8, 4) is 5.75 Å². The molecule has 0 bridgehead atoms. The molecule has 1 heterocycles. The number of carbonyl (C=O) groups is 1. The first-order valence-electron chi connectivity index (χ1n) is 5.88. The van der Waals surface area contributed by atoms with Crippen molar-refractivity contribution in [2.75, 3.05) is 26.3 Å². The van der Waals surface area contributed by atoms with Crippen molar-refractivity contribution in [2.45, 2.75) is 6.92 Å². The average Bonchev–Trinajstić information content (AvgIpc) is 2.77. The summed E-state index contributed by atoms with van der Waals surface area (Å²) < 4.78 is 10.3. The predicted octanol–water partition coefficient (Wildman–Crippen LogP) is 1.73. The van der Waals surface area contributed by atoms with Crippen LogP contribution in [0.2, 0.25) is 0 Å². The summed E-state index contributed by atoms with van der Waals surface area (Å²) in [7, 11) is 0. The van der Waals surface area contributed by atoms with Crippen molar-refractivity contribution in [1.29, 1.82) is 0 Å². The number of nitrogens with zero attached hydrogens (tertiary/aromatic N) is 2. The minimum absolute atomic E-state index is 0.0260. The molecular weight excluding hydrogens is 252 g/mol. The van der Waals surface area contributed by atoms with Crippen LogP contribution in [0.1, 0.15) is 5.56 Å². The van der Waals surface area contributed by atoms with E-state index in [0.29, 0.717) is 31.0 Å². The Morgan fingerprint density at radius 1 is 1.53 bits per heavy atom. The molecule has 7 heteroatoms. The van der Waals surface area contributed by atoms with Gasteiger partial charge < -0.3 is 14.4 Å². The fraction of sp³-hybridized carbons (Fsp3) is 0.417. The molecule has 1 aromatic carbocycles. The van der Waals surface area contributed by atoms with Crippen LogP contribution in [0.3, 0.4) is 0 Å². The molecule has 0 atom stereocenters. The van der Waals surface area contributed by atoms with Gasteiger partial charge in [-0.3, -0.25) is 10.1 Å². The fourth-order valence-corrected chi connectivity index (χ4v) is 1.85. The maximum Gasteiger partial charge on any atom is 0.410 e. The highest BCUT2D eigenvalue weighted by Gasteiger charge is 2.21. The Kier molecular flexibility index (Phi) is 3.84. The topological polar surface area (TPSA) is 81.9 Å². The molecule has 1 fully saturated rings. The van der Waals surface area contributed by atoms with Gasteiger partial charge in [-0.25, -0.2) is 4.79 Å². The van der Waals surface area contributed by atoms with Crippen LogP contribution in [0.15, 0.2) is 18.2 Å². The summed E-state index contributed by atoms with van der Waals surface area (Å²) in [6.07, 6.45) is -0.348. The van der Waals surface area contributed by atoms with Gasteiger partial charge in [-0.2, -0.15) is 0 Å². The van der Waals surface area contributed by atoms with Crippen LogP contribution in [0, 0.1) is 17.0 Å². The number of carbonyl (C=O) groups excluding carboxylic acids is 1. The quantitative estimate of drug-likeness (QED) is 0.598. The maximum absolute atomic E-state index is 11.2. The largest absolute Gasteiger partial charge is 0.491 e. The second kappa shape index (κ2) is 5.55. The molecule has 102 valence electrons. The Labute approximate surface area is 109 Å². The molecule has 0 aromatic heterocycles. The van der Waals surface area contributed by atoms with Gasteiger partial charge in [-0.05, 0) is 13.0 Å². The molecule has 0 spiro atoms. The first kappa shape index (κ1) is 13.1. The monoisotopic (exact) mass is 266 g/mol. The zero-order valence-corrected chi connectivity index (χ0v) is 10.5. The third-order valence-electron chi connectivity index (χ3n) is 2.92. The number of nitro benzene ring substituents is 1. The lowest BCUT2D eigenvalue weighted by Crippen LogP contribution is -2.29. The fourth-order valence-electron chi connectivity index (χ4n) is 1.85. The van der Waals surface area contributed by atoms with E-state index in [1.54, 1.807) is 19.1 Å². The molecule has 0 aliphatic carbocycles. The van der Waals surface area contributed by atoms with Crippen molar-refractivity contribution in [3.05, 3.63) is 33.9 Å². The first-order valence-corrected chi connectivity index (χ1v) is 5.88. The van der Waals surface area contributed by atoms with E-state index in [2.05, 4.69) is 0 Å². The molecule has 0 radical (unpaired) electrons. The summed E-state index contributed by atoms with van der Waals surface area (Å²) in [5.41, 5.74) is 0.509. The van der Waals surface area contributed by atoms with E-state index >= 15 is 0 Å². The van der Waals surface area contributed by atoms with Gasteiger partial charge in [0.15, 0.2) is 0 Å². The molecule has 0 saturated carbocycles. The highest BCUT2D eigenvalue weighted by atomic mass is 16.6. The number of nitro groups is 1. The highest BCUT2D eigenvalue weighted by molar-refractivity contribution is 5.69. The predicted molar refractivity (Wildman–Crippen MR) is 66.2 cm³/mol.